The Kier molecular flexibility index (Phi) is 6.89. The number of halogens is 1. The van der Waals surface area contributed by atoms with E-state index in [0.29, 0.717) is 11.1 Å². The number of carbonyl (C=O) groups excluding carboxylic acids is 2. The Balaban J connectivity index is 1.71. The molecule has 156 valence electrons. The zero-order chi connectivity index (χ0) is 21.7. The second kappa shape index (κ2) is 9.58. The number of hydrogen-bond donors (Lipinski definition) is 1. The average Bonchev–Trinajstić information content (AvgIpc) is 2.72. The van der Waals surface area contributed by atoms with Crippen LogP contribution in [-0.2, 0) is 4.79 Å². The lowest BCUT2D eigenvalue weighted by Gasteiger charge is -2.11. The van der Waals surface area contributed by atoms with Gasteiger partial charge in [0.05, 0.1) is 4.47 Å². The Morgan fingerprint density at radius 1 is 1.17 bits per heavy atom. The van der Waals surface area contributed by atoms with Crippen LogP contribution in [0.1, 0.15) is 30.6 Å². The van der Waals surface area contributed by atoms with Crippen LogP contribution in [0, 0.1) is 0 Å². The molecule has 0 radical (unpaired) electrons. The molecule has 0 aliphatic carbocycles. The fraction of sp³-hybridized carbons (Fsp3) is 0.227. The highest BCUT2D eigenvalue weighted by molar-refractivity contribution is 9.10. The third-order valence-corrected chi connectivity index (χ3v) is 5.01. The van der Waals surface area contributed by atoms with Crippen molar-refractivity contribution in [1.82, 2.24) is 5.32 Å². The molecule has 2 aromatic carbocycles. The summed E-state index contributed by atoms with van der Waals surface area (Å²) in [4.78, 5) is 36.5. The van der Waals surface area contributed by atoms with E-state index in [9.17, 15) is 14.4 Å². The topological polar surface area (TPSA) is 94.8 Å². The summed E-state index contributed by atoms with van der Waals surface area (Å²) in [5, 5.41) is 3.27. The zero-order valence-electron chi connectivity index (χ0n) is 16.4. The number of para-hydroxylation sites is 1. The molecule has 1 amide bonds. The highest BCUT2D eigenvalue weighted by Gasteiger charge is 2.16. The summed E-state index contributed by atoms with van der Waals surface area (Å²) in [6, 6.07) is 13.1. The predicted molar refractivity (Wildman–Crippen MR) is 115 cm³/mol. The molecule has 1 aromatic heterocycles. The molecule has 30 heavy (non-hydrogen) atoms. The SMILES string of the molecule is CCC(C)NC(=O)c1cc2ccc(OC(=O)COc3ccccc3Br)cc2oc1=O. The van der Waals surface area contributed by atoms with Crippen molar-refractivity contribution in [2.75, 3.05) is 6.61 Å². The number of nitrogens with one attached hydrogen (secondary N) is 1. The van der Waals surface area contributed by atoms with Gasteiger partial charge in [0.1, 0.15) is 22.6 Å². The van der Waals surface area contributed by atoms with E-state index in [0.717, 1.165) is 10.9 Å². The van der Waals surface area contributed by atoms with Gasteiger partial charge in [0, 0.05) is 17.5 Å². The number of hydrogen-bond acceptors (Lipinski definition) is 6. The summed E-state index contributed by atoms with van der Waals surface area (Å²) in [6.07, 6.45) is 0.740. The van der Waals surface area contributed by atoms with E-state index >= 15 is 0 Å². The summed E-state index contributed by atoms with van der Waals surface area (Å²) in [7, 11) is 0. The predicted octanol–water partition coefficient (Wildman–Crippen LogP) is 4.07. The summed E-state index contributed by atoms with van der Waals surface area (Å²) in [5.74, 6) is -0.387. The van der Waals surface area contributed by atoms with Gasteiger partial charge in [-0.15, -0.1) is 0 Å². The lowest BCUT2D eigenvalue weighted by Crippen LogP contribution is -2.34. The third kappa shape index (κ3) is 5.27. The molecule has 0 saturated carbocycles. The molecule has 0 bridgehead atoms. The average molecular weight is 474 g/mol. The van der Waals surface area contributed by atoms with Crippen LogP contribution in [0.3, 0.4) is 0 Å². The number of amides is 1. The maximum absolute atomic E-state index is 12.2. The molecular formula is C22H20BrNO6. The highest BCUT2D eigenvalue weighted by atomic mass is 79.9. The van der Waals surface area contributed by atoms with Crippen LogP contribution >= 0.6 is 15.9 Å². The molecular weight excluding hydrogens is 454 g/mol. The first-order valence-electron chi connectivity index (χ1n) is 9.34. The van der Waals surface area contributed by atoms with Crippen molar-refractivity contribution in [3.05, 3.63) is 69.0 Å². The number of esters is 1. The number of benzene rings is 2. The van der Waals surface area contributed by atoms with Gasteiger partial charge in [-0.05, 0) is 59.6 Å². The van der Waals surface area contributed by atoms with Gasteiger partial charge >= 0.3 is 11.6 Å². The van der Waals surface area contributed by atoms with Gasteiger partial charge in [-0.25, -0.2) is 9.59 Å². The number of rotatable bonds is 7. The van der Waals surface area contributed by atoms with Gasteiger partial charge in [0.25, 0.3) is 5.91 Å². The monoisotopic (exact) mass is 473 g/mol. The standard InChI is InChI=1S/C22H20BrNO6/c1-3-13(2)24-21(26)16-10-14-8-9-15(11-19(14)30-22(16)27)29-20(25)12-28-18-7-5-4-6-17(18)23/h4-11,13H,3,12H2,1-2H3,(H,24,26). The molecule has 0 fully saturated rings. The number of carbonyl (C=O) groups is 2. The maximum atomic E-state index is 12.2. The summed E-state index contributed by atoms with van der Waals surface area (Å²) in [5.41, 5.74) is -0.629. The second-order valence-corrected chi connectivity index (χ2v) is 7.48. The fourth-order valence-electron chi connectivity index (χ4n) is 2.58. The van der Waals surface area contributed by atoms with Crippen LogP contribution in [0.2, 0.25) is 0 Å². The fourth-order valence-corrected chi connectivity index (χ4v) is 2.98. The summed E-state index contributed by atoms with van der Waals surface area (Å²) in [6.45, 7) is 3.49. The number of ether oxygens (including phenoxy) is 2. The molecule has 0 aliphatic rings. The largest absolute Gasteiger partial charge is 0.481 e. The Bertz CT molecular complexity index is 1140. The zero-order valence-corrected chi connectivity index (χ0v) is 18.0. The van der Waals surface area contributed by atoms with Gasteiger partial charge in [0.2, 0.25) is 0 Å². The number of fused-ring (bicyclic) bond motifs is 1. The van der Waals surface area contributed by atoms with Gasteiger partial charge in [-0.2, -0.15) is 0 Å². The maximum Gasteiger partial charge on any atom is 0.349 e. The van der Waals surface area contributed by atoms with Gasteiger partial charge in [-0.1, -0.05) is 19.1 Å². The van der Waals surface area contributed by atoms with E-state index in [2.05, 4.69) is 21.2 Å². The van der Waals surface area contributed by atoms with E-state index in [4.69, 9.17) is 13.9 Å². The summed E-state index contributed by atoms with van der Waals surface area (Å²) >= 11 is 3.33. The van der Waals surface area contributed by atoms with Crippen molar-refractivity contribution in [3.8, 4) is 11.5 Å². The Morgan fingerprint density at radius 3 is 2.67 bits per heavy atom. The molecule has 1 unspecified atom stereocenters. The summed E-state index contributed by atoms with van der Waals surface area (Å²) < 4.78 is 16.6. The molecule has 0 saturated heterocycles. The molecule has 7 nitrogen and oxygen atoms in total. The Morgan fingerprint density at radius 2 is 1.93 bits per heavy atom. The van der Waals surface area contributed by atoms with Gasteiger partial charge < -0.3 is 19.2 Å². The van der Waals surface area contributed by atoms with Gasteiger partial charge in [0.15, 0.2) is 6.61 Å². The molecule has 1 heterocycles. The van der Waals surface area contributed by atoms with Crippen LogP contribution < -0.4 is 20.4 Å². The van der Waals surface area contributed by atoms with Crippen LogP contribution in [0.4, 0.5) is 0 Å². The van der Waals surface area contributed by atoms with Crippen LogP contribution in [-0.4, -0.2) is 24.5 Å². The van der Waals surface area contributed by atoms with Crippen molar-refractivity contribution < 1.29 is 23.5 Å². The van der Waals surface area contributed by atoms with E-state index < -0.39 is 17.5 Å². The van der Waals surface area contributed by atoms with E-state index in [1.54, 1.807) is 30.3 Å². The second-order valence-electron chi connectivity index (χ2n) is 6.62. The molecule has 3 rings (SSSR count). The van der Waals surface area contributed by atoms with Crippen molar-refractivity contribution in [1.29, 1.82) is 0 Å². The van der Waals surface area contributed by atoms with Crippen molar-refractivity contribution in [2.24, 2.45) is 0 Å². The molecule has 3 aromatic rings. The molecule has 0 spiro atoms. The molecule has 8 heteroatoms. The lowest BCUT2D eigenvalue weighted by atomic mass is 10.1. The first-order valence-corrected chi connectivity index (χ1v) is 10.1. The minimum atomic E-state index is -0.760. The molecule has 1 atom stereocenters. The van der Waals surface area contributed by atoms with Crippen molar-refractivity contribution in [3.63, 3.8) is 0 Å². The lowest BCUT2D eigenvalue weighted by molar-refractivity contribution is -0.136. The molecule has 0 aliphatic heterocycles. The minimum absolute atomic E-state index is 0.0619. The van der Waals surface area contributed by atoms with Gasteiger partial charge in [-0.3, -0.25) is 4.79 Å². The smallest absolute Gasteiger partial charge is 0.349 e. The van der Waals surface area contributed by atoms with Crippen molar-refractivity contribution >= 4 is 38.8 Å². The molecule has 1 N–H and O–H groups in total. The first-order chi connectivity index (χ1) is 14.4. The normalized spacial score (nSPS) is 11.7. The minimum Gasteiger partial charge on any atom is -0.481 e. The third-order valence-electron chi connectivity index (χ3n) is 4.36. The van der Waals surface area contributed by atoms with Crippen LogP contribution in [0.5, 0.6) is 11.5 Å². The highest BCUT2D eigenvalue weighted by Crippen LogP contribution is 2.24. The van der Waals surface area contributed by atoms with Crippen LogP contribution in [0.25, 0.3) is 11.0 Å². The van der Waals surface area contributed by atoms with E-state index in [1.807, 2.05) is 19.9 Å². The first kappa shape index (κ1) is 21.6. The van der Waals surface area contributed by atoms with Crippen LogP contribution in [0.15, 0.2) is 62.2 Å². The van der Waals surface area contributed by atoms with E-state index in [-0.39, 0.29) is 29.5 Å². The Hall–Kier alpha value is -3.13. The quantitative estimate of drug-likeness (QED) is 0.315. The Labute approximate surface area is 181 Å². The van der Waals surface area contributed by atoms with E-state index in [1.165, 1.54) is 12.1 Å². The van der Waals surface area contributed by atoms with Crippen molar-refractivity contribution in [2.45, 2.75) is 26.3 Å².